The first-order valence-corrected chi connectivity index (χ1v) is 8.28. The van der Waals surface area contributed by atoms with Crippen LogP contribution in [0.3, 0.4) is 0 Å². The van der Waals surface area contributed by atoms with Gasteiger partial charge in [0.05, 0.1) is 22.8 Å². The molecule has 0 unspecified atom stereocenters. The topological polar surface area (TPSA) is 51.6 Å². The van der Waals surface area contributed by atoms with Gasteiger partial charge < -0.3 is 0 Å². The molecule has 0 spiro atoms. The van der Waals surface area contributed by atoms with Gasteiger partial charge in [-0.25, -0.2) is 9.97 Å². The molecular formula is C16H18Cl2N4. The maximum atomic E-state index is 5.89. The van der Waals surface area contributed by atoms with E-state index in [0.717, 1.165) is 22.8 Å². The molecule has 0 aliphatic heterocycles. The molecule has 6 heteroatoms. The fraction of sp³-hybridized carbons (Fsp3) is 0.500. The molecule has 0 amide bonds. The number of aryl methyl sites for hydroxylation is 2. The highest BCUT2D eigenvalue weighted by Gasteiger charge is 2.27. The van der Waals surface area contributed by atoms with Crippen LogP contribution in [-0.2, 0) is 0 Å². The van der Waals surface area contributed by atoms with Gasteiger partial charge >= 0.3 is 0 Å². The van der Waals surface area contributed by atoms with Gasteiger partial charge in [-0.2, -0.15) is 0 Å². The van der Waals surface area contributed by atoms with Crippen molar-refractivity contribution in [2.24, 2.45) is 0 Å². The van der Waals surface area contributed by atoms with E-state index in [0.29, 0.717) is 22.1 Å². The van der Waals surface area contributed by atoms with Crippen LogP contribution in [0.5, 0.6) is 0 Å². The summed E-state index contributed by atoms with van der Waals surface area (Å²) in [6.45, 7) is 3.77. The molecule has 4 rings (SSSR count). The molecule has 2 fully saturated rings. The fourth-order valence-corrected chi connectivity index (χ4v) is 2.59. The first kappa shape index (κ1) is 15.6. The summed E-state index contributed by atoms with van der Waals surface area (Å²) in [6.07, 6.45) is 8.54. The van der Waals surface area contributed by atoms with Crippen molar-refractivity contribution in [3.05, 3.63) is 45.5 Å². The smallest absolute Gasteiger partial charge is 0.151 e. The molecule has 2 saturated carbocycles. The Morgan fingerprint density at radius 3 is 2.09 bits per heavy atom. The van der Waals surface area contributed by atoms with Gasteiger partial charge in [-0.1, -0.05) is 23.2 Å². The molecule has 2 aromatic rings. The van der Waals surface area contributed by atoms with Gasteiger partial charge in [-0.3, -0.25) is 9.97 Å². The maximum absolute atomic E-state index is 5.89. The van der Waals surface area contributed by atoms with Crippen LogP contribution in [0.25, 0.3) is 0 Å². The summed E-state index contributed by atoms with van der Waals surface area (Å²) in [5, 5.41) is 1.14. The Morgan fingerprint density at radius 1 is 0.864 bits per heavy atom. The van der Waals surface area contributed by atoms with Gasteiger partial charge in [0.25, 0.3) is 0 Å². The van der Waals surface area contributed by atoms with E-state index in [4.69, 9.17) is 23.2 Å². The molecule has 0 radical (unpaired) electrons. The van der Waals surface area contributed by atoms with Crippen molar-refractivity contribution in [2.45, 2.75) is 51.4 Å². The summed E-state index contributed by atoms with van der Waals surface area (Å²) in [4.78, 5) is 16.8. The second-order valence-electron chi connectivity index (χ2n) is 5.91. The molecule has 2 aliphatic rings. The van der Waals surface area contributed by atoms with Crippen molar-refractivity contribution >= 4 is 23.2 Å². The molecule has 2 aliphatic carbocycles. The van der Waals surface area contributed by atoms with Crippen LogP contribution in [0.4, 0.5) is 0 Å². The zero-order valence-electron chi connectivity index (χ0n) is 12.7. The van der Waals surface area contributed by atoms with Crippen LogP contribution in [-0.4, -0.2) is 19.9 Å². The second kappa shape index (κ2) is 6.47. The van der Waals surface area contributed by atoms with Crippen LogP contribution < -0.4 is 0 Å². The average Bonchev–Trinajstić information content (AvgIpc) is 3.36. The number of rotatable bonds is 2. The molecular weight excluding hydrogens is 319 g/mol. The minimum Gasteiger partial charge on any atom is -0.256 e. The van der Waals surface area contributed by atoms with Gasteiger partial charge in [0, 0.05) is 24.2 Å². The third kappa shape index (κ3) is 3.93. The lowest BCUT2D eigenvalue weighted by atomic mass is 10.3. The minimum atomic E-state index is 0.550. The first-order chi connectivity index (χ1) is 10.5. The lowest BCUT2D eigenvalue weighted by Gasteiger charge is -1.99. The molecule has 0 N–H and O–H groups in total. The number of hydrogen-bond acceptors (Lipinski definition) is 4. The van der Waals surface area contributed by atoms with E-state index in [2.05, 4.69) is 19.9 Å². The summed E-state index contributed by atoms with van der Waals surface area (Å²) in [7, 11) is 0. The number of aromatic nitrogens is 4. The molecule has 116 valence electrons. The monoisotopic (exact) mass is 336 g/mol. The molecule has 0 saturated heterocycles. The van der Waals surface area contributed by atoms with Gasteiger partial charge in [0.1, 0.15) is 0 Å². The average molecular weight is 337 g/mol. The van der Waals surface area contributed by atoms with Gasteiger partial charge in [0.2, 0.25) is 0 Å². The largest absolute Gasteiger partial charge is 0.256 e. The molecule has 0 atom stereocenters. The van der Waals surface area contributed by atoms with Gasteiger partial charge in [-0.05, 0) is 39.5 Å². The Morgan fingerprint density at radius 2 is 1.55 bits per heavy atom. The SMILES string of the molecule is Cc1cnc(C2CC2)c(Cl)n1.Cc1ncc(C2CC2)nc1Cl. The van der Waals surface area contributed by atoms with Crippen molar-refractivity contribution in [3.8, 4) is 0 Å². The van der Waals surface area contributed by atoms with E-state index in [-0.39, 0.29) is 0 Å². The Hall–Kier alpha value is -1.26. The highest BCUT2D eigenvalue weighted by Crippen LogP contribution is 2.41. The predicted molar refractivity (Wildman–Crippen MR) is 87.5 cm³/mol. The Bertz CT molecular complexity index is 682. The number of nitrogens with zero attached hydrogens (tertiary/aromatic N) is 4. The lowest BCUT2D eigenvalue weighted by molar-refractivity contribution is 0.967. The van der Waals surface area contributed by atoms with E-state index < -0.39 is 0 Å². The van der Waals surface area contributed by atoms with E-state index in [1.807, 2.05) is 20.0 Å². The van der Waals surface area contributed by atoms with Crippen LogP contribution in [0.15, 0.2) is 12.4 Å². The number of hydrogen-bond donors (Lipinski definition) is 0. The van der Waals surface area contributed by atoms with E-state index in [1.54, 1.807) is 6.20 Å². The minimum absolute atomic E-state index is 0.550. The maximum Gasteiger partial charge on any atom is 0.151 e. The van der Waals surface area contributed by atoms with Crippen LogP contribution in [0.2, 0.25) is 10.3 Å². The van der Waals surface area contributed by atoms with Crippen molar-refractivity contribution in [3.63, 3.8) is 0 Å². The van der Waals surface area contributed by atoms with Crippen molar-refractivity contribution in [1.29, 1.82) is 0 Å². The lowest BCUT2D eigenvalue weighted by Crippen LogP contribution is -1.92. The zero-order valence-corrected chi connectivity index (χ0v) is 14.2. The van der Waals surface area contributed by atoms with E-state index in [1.165, 1.54) is 25.7 Å². The standard InChI is InChI=1S/2C8H9ClN2/c1-5-8(9)11-7(4-10-5)6-2-3-6;1-5-4-10-7(6-2-3-6)8(9)11-5/h2*4,6H,2-3H2,1H3. The van der Waals surface area contributed by atoms with E-state index >= 15 is 0 Å². The van der Waals surface area contributed by atoms with Crippen molar-refractivity contribution < 1.29 is 0 Å². The normalized spacial score (nSPS) is 16.9. The Kier molecular flexibility index (Phi) is 4.59. The Balaban J connectivity index is 0.000000131. The van der Waals surface area contributed by atoms with E-state index in [9.17, 15) is 0 Å². The summed E-state index contributed by atoms with van der Waals surface area (Å²) in [5.74, 6) is 1.23. The molecule has 2 aromatic heterocycles. The zero-order chi connectivity index (χ0) is 15.7. The summed E-state index contributed by atoms with van der Waals surface area (Å²) < 4.78 is 0. The van der Waals surface area contributed by atoms with Crippen LogP contribution in [0, 0.1) is 13.8 Å². The third-order valence-electron chi connectivity index (χ3n) is 3.75. The van der Waals surface area contributed by atoms with Crippen molar-refractivity contribution in [1.82, 2.24) is 19.9 Å². The molecule has 0 bridgehead atoms. The first-order valence-electron chi connectivity index (χ1n) is 7.52. The second-order valence-corrected chi connectivity index (χ2v) is 6.62. The highest BCUT2D eigenvalue weighted by atomic mass is 35.5. The van der Waals surface area contributed by atoms with Crippen LogP contribution in [0.1, 0.15) is 60.3 Å². The molecule has 22 heavy (non-hydrogen) atoms. The summed E-state index contributed by atoms with van der Waals surface area (Å²) in [5.41, 5.74) is 3.74. The summed E-state index contributed by atoms with van der Waals surface area (Å²) >= 11 is 11.7. The predicted octanol–water partition coefficient (Wildman–Crippen LogP) is 4.63. The quantitative estimate of drug-likeness (QED) is 0.802. The summed E-state index contributed by atoms with van der Waals surface area (Å²) in [6, 6.07) is 0. The van der Waals surface area contributed by atoms with Gasteiger partial charge in [-0.15, -0.1) is 0 Å². The number of halogens is 2. The third-order valence-corrected chi connectivity index (χ3v) is 4.39. The van der Waals surface area contributed by atoms with Gasteiger partial charge in [0.15, 0.2) is 10.3 Å². The Labute approximate surface area is 140 Å². The fourth-order valence-electron chi connectivity index (χ4n) is 2.10. The molecule has 0 aromatic carbocycles. The molecule has 2 heterocycles. The molecule has 4 nitrogen and oxygen atoms in total. The van der Waals surface area contributed by atoms with Crippen molar-refractivity contribution in [2.75, 3.05) is 0 Å². The van der Waals surface area contributed by atoms with Crippen LogP contribution >= 0.6 is 23.2 Å². The highest BCUT2D eigenvalue weighted by molar-refractivity contribution is 6.30.